The average Bonchev–Trinajstić information content (AvgIpc) is 2.77. The highest BCUT2D eigenvalue weighted by atomic mass is 32.2. The van der Waals surface area contributed by atoms with Gasteiger partial charge in [-0.25, -0.2) is 0 Å². The van der Waals surface area contributed by atoms with Crippen molar-refractivity contribution in [2.24, 2.45) is 5.73 Å². The molecule has 1 aromatic rings. The van der Waals surface area contributed by atoms with Crippen LogP contribution in [0.3, 0.4) is 0 Å². The van der Waals surface area contributed by atoms with Crippen LogP contribution in [-0.4, -0.2) is 39.4 Å². The monoisotopic (exact) mass is 305 g/mol. The highest BCUT2D eigenvalue weighted by Crippen LogP contribution is 2.46. The summed E-state index contributed by atoms with van der Waals surface area (Å²) in [5, 5.41) is 2.84. The van der Waals surface area contributed by atoms with Crippen molar-refractivity contribution in [2.45, 2.75) is 36.1 Å². The summed E-state index contributed by atoms with van der Waals surface area (Å²) >= 11 is 1.73. The Labute approximate surface area is 128 Å². The van der Waals surface area contributed by atoms with E-state index in [9.17, 15) is 9.59 Å². The third-order valence-electron chi connectivity index (χ3n) is 3.87. The number of nitrogens with one attached hydrogen (secondary N) is 1. The number of thioether (sulfide) groups is 1. The molecule has 0 aliphatic carbocycles. The quantitative estimate of drug-likeness (QED) is 0.812. The van der Waals surface area contributed by atoms with Crippen LogP contribution >= 0.6 is 11.8 Å². The van der Waals surface area contributed by atoms with Crippen molar-refractivity contribution in [1.29, 1.82) is 0 Å². The van der Waals surface area contributed by atoms with Crippen LogP contribution in [-0.2, 0) is 9.59 Å². The standard InChI is InChI=1S/C15H19N3O2S/c1-15(2)8-18-13(20)11(14(18)21-15)17-12(19)10(16)9-6-4-3-5-7-9/h3-7,10-11,14H,8,16H2,1-2H3,(H,17,19)/t10-,11-,14-/m1/s1. The highest BCUT2D eigenvalue weighted by Gasteiger charge is 2.56. The predicted molar refractivity (Wildman–Crippen MR) is 82.5 cm³/mol. The number of carbonyl (C=O) groups excluding carboxylic acids is 2. The number of hydrogen-bond acceptors (Lipinski definition) is 4. The Morgan fingerprint density at radius 3 is 2.76 bits per heavy atom. The summed E-state index contributed by atoms with van der Waals surface area (Å²) in [6.07, 6.45) is 0. The van der Waals surface area contributed by atoms with E-state index < -0.39 is 12.1 Å². The van der Waals surface area contributed by atoms with E-state index in [2.05, 4.69) is 19.2 Å². The lowest BCUT2D eigenvalue weighted by Gasteiger charge is -2.41. The summed E-state index contributed by atoms with van der Waals surface area (Å²) in [5.74, 6) is -0.309. The normalized spacial score (nSPS) is 27.8. The second-order valence-electron chi connectivity index (χ2n) is 6.11. The second-order valence-corrected chi connectivity index (χ2v) is 7.93. The molecule has 3 rings (SSSR count). The molecular formula is C15H19N3O2S. The van der Waals surface area contributed by atoms with Crippen LogP contribution in [0.15, 0.2) is 30.3 Å². The fourth-order valence-corrected chi connectivity index (χ4v) is 4.28. The number of carbonyl (C=O) groups is 2. The van der Waals surface area contributed by atoms with E-state index in [0.29, 0.717) is 0 Å². The van der Waals surface area contributed by atoms with Gasteiger partial charge < -0.3 is 16.0 Å². The van der Waals surface area contributed by atoms with Gasteiger partial charge in [0.2, 0.25) is 11.8 Å². The molecule has 0 radical (unpaired) electrons. The van der Waals surface area contributed by atoms with Crippen LogP contribution in [0.2, 0.25) is 0 Å². The fourth-order valence-electron chi connectivity index (χ4n) is 2.79. The van der Waals surface area contributed by atoms with Crippen LogP contribution in [0, 0.1) is 0 Å². The summed E-state index contributed by atoms with van der Waals surface area (Å²) in [6.45, 7) is 4.95. The molecule has 3 N–H and O–H groups in total. The number of benzene rings is 1. The van der Waals surface area contributed by atoms with Crippen molar-refractivity contribution >= 4 is 23.6 Å². The van der Waals surface area contributed by atoms with Crippen molar-refractivity contribution in [3.05, 3.63) is 35.9 Å². The lowest BCUT2D eigenvalue weighted by molar-refractivity contribution is -0.148. The molecule has 0 bridgehead atoms. The van der Waals surface area contributed by atoms with Gasteiger partial charge in [-0.3, -0.25) is 9.59 Å². The first kappa shape index (κ1) is 14.4. The molecule has 6 heteroatoms. The molecule has 2 aliphatic heterocycles. The topological polar surface area (TPSA) is 75.4 Å². The minimum absolute atomic E-state index is 0.00770. The molecule has 2 fully saturated rings. The van der Waals surface area contributed by atoms with Gasteiger partial charge in [0.25, 0.3) is 0 Å². The second kappa shape index (κ2) is 5.03. The Bertz CT molecular complexity index is 576. The molecule has 5 nitrogen and oxygen atoms in total. The molecule has 1 aromatic carbocycles. The van der Waals surface area contributed by atoms with Gasteiger partial charge in [0, 0.05) is 11.3 Å². The van der Waals surface area contributed by atoms with Gasteiger partial charge in [0.15, 0.2) is 0 Å². The van der Waals surface area contributed by atoms with E-state index in [1.165, 1.54) is 0 Å². The SMILES string of the molecule is CC1(C)CN2C(=O)[C@@H](NC(=O)[C@H](N)c3ccccc3)[C@H]2S1. The first-order valence-corrected chi connectivity index (χ1v) is 7.86. The fraction of sp³-hybridized carbons (Fsp3) is 0.467. The summed E-state index contributed by atoms with van der Waals surface area (Å²) < 4.78 is 0.0430. The Hall–Kier alpha value is -1.53. The molecule has 0 aromatic heterocycles. The van der Waals surface area contributed by atoms with Gasteiger partial charge in [-0.2, -0.15) is 0 Å². The molecule has 3 atom stereocenters. The molecule has 2 aliphatic rings. The summed E-state index contributed by atoms with van der Waals surface area (Å²) in [4.78, 5) is 26.1. The van der Waals surface area contributed by atoms with E-state index in [4.69, 9.17) is 5.73 Å². The minimum atomic E-state index is -0.743. The average molecular weight is 305 g/mol. The summed E-state index contributed by atoms with van der Waals surface area (Å²) in [7, 11) is 0. The van der Waals surface area contributed by atoms with Crippen LogP contribution in [0.25, 0.3) is 0 Å². The van der Waals surface area contributed by atoms with Gasteiger partial charge in [-0.05, 0) is 19.4 Å². The van der Waals surface area contributed by atoms with Crippen molar-refractivity contribution in [3.8, 4) is 0 Å². The van der Waals surface area contributed by atoms with Crippen LogP contribution in [0.1, 0.15) is 25.5 Å². The van der Waals surface area contributed by atoms with Crippen molar-refractivity contribution in [3.63, 3.8) is 0 Å². The maximum atomic E-state index is 12.2. The van der Waals surface area contributed by atoms with E-state index in [1.807, 2.05) is 35.2 Å². The molecule has 0 spiro atoms. The Morgan fingerprint density at radius 2 is 2.10 bits per heavy atom. The largest absolute Gasteiger partial charge is 0.340 e. The summed E-state index contributed by atoms with van der Waals surface area (Å²) in [5.41, 5.74) is 6.71. The number of fused-ring (bicyclic) bond motifs is 1. The van der Waals surface area contributed by atoms with Crippen molar-refractivity contribution < 1.29 is 9.59 Å². The smallest absolute Gasteiger partial charge is 0.249 e. The van der Waals surface area contributed by atoms with Gasteiger partial charge >= 0.3 is 0 Å². The van der Waals surface area contributed by atoms with Gasteiger partial charge in [0.1, 0.15) is 17.5 Å². The molecule has 0 unspecified atom stereocenters. The number of hydrogen-bond donors (Lipinski definition) is 2. The predicted octanol–water partition coefficient (Wildman–Crippen LogP) is 0.865. The maximum Gasteiger partial charge on any atom is 0.249 e. The summed E-state index contributed by atoms with van der Waals surface area (Å²) in [6, 6.07) is 7.99. The van der Waals surface area contributed by atoms with Crippen LogP contribution in [0.4, 0.5) is 0 Å². The Kier molecular flexibility index (Phi) is 3.45. The molecule has 0 saturated carbocycles. The van der Waals surface area contributed by atoms with Gasteiger partial charge in [-0.15, -0.1) is 11.8 Å². The van der Waals surface area contributed by atoms with Crippen LogP contribution < -0.4 is 11.1 Å². The Morgan fingerprint density at radius 1 is 1.43 bits per heavy atom. The molecule has 112 valence electrons. The van der Waals surface area contributed by atoms with Gasteiger partial charge in [0.05, 0.1) is 0 Å². The van der Waals surface area contributed by atoms with E-state index in [0.717, 1.165) is 12.1 Å². The number of β-lactam (4-membered cyclic amide) rings is 1. The lowest BCUT2D eigenvalue weighted by atomic mass is 10.0. The number of rotatable bonds is 3. The zero-order chi connectivity index (χ0) is 15.2. The van der Waals surface area contributed by atoms with Crippen molar-refractivity contribution in [2.75, 3.05) is 6.54 Å². The molecule has 21 heavy (non-hydrogen) atoms. The lowest BCUT2D eigenvalue weighted by Crippen LogP contribution is -2.67. The molecule has 2 amide bonds. The van der Waals surface area contributed by atoms with Crippen molar-refractivity contribution in [1.82, 2.24) is 10.2 Å². The maximum absolute atomic E-state index is 12.2. The third-order valence-corrected chi connectivity index (χ3v) is 5.41. The highest BCUT2D eigenvalue weighted by molar-refractivity contribution is 8.01. The van der Waals surface area contributed by atoms with E-state index in [-0.39, 0.29) is 21.9 Å². The van der Waals surface area contributed by atoms with Crippen LogP contribution in [0.5, 0.6) is 0 Å². The van der Waals surface area contributed by atoms with Gasteiger partial charge in [-0.1, -0.05) is 30.3 Å². The number of nitrogens with two attached hydrogens (primary N) is 1. The zero-order valence-corrected chi connectivity index (χ0v) is 12.9. The third kappa shape index (κ3) is 2.53. The molecule has 2 heterocycles. The van der Waals surface area contributed by atoms with E-state index >= 15 is 0 Å². The Balaban J connectivity index is 1.65. The van der Waals surface area contributed by atoms with E-state index in [1.54, 1.807) is 11.8 Å². The first-order valence-electron chi connectivity index (χ1n) is 6.98. The number of amides is 2. The molecular weight excluding hydrogens is 286 g/mol. The zero-order valence-electron chi connectivity index (χ0n) is 12.1. The minimum Gasteiger partial charge on any atom is -0.340 e. The number of nitrogens with zero attached hydrogens (tertiary/aromatic N) is 1. The first-order chi connectivity index (χ1) is 9.89. The molecule has 2 saturated heterocycles.